The number of amides is 1. The number of carbonyl (C=O) groups excluding carboxylic acids is 2. The zero-order valence-electron chi connectivity index (χ0n) is 13.1. The van der Waals surface area contributed by atoms with Crippen molar-refractivity contribution in [2.24, 2.45) is 0 Å². The molecule has 0 spiro atoms. The summed E-state index contributed by atoms with van der Waals surface area (Å²) in [6.07, 6.45) is 0. The Labute approximate surface area is 145 Å². The highest BCUT2D eigenvalue weighted by atomic mass is 19.1. The quantitative estimate of drug-likeness (QED) is 0.458. The standard InChI is InChI=1S/C16H12F2N2O6/c17-10-4-3-5-11(18)16(10)19-14(21)8-26-15(22)9-25-13-7-2-1-6-12(13)20(23)24/h1-7H,8-9H2,(H,19,21). The number of nitrogens with one attached hydrogen (secondary N) is 1. The molecule has 2 rings (SSSR count). The predicted octanol–water partition coefficient (Wildman–Crippen LogP) is 2.43. The maximum absolute atomic E-state index is 13.4. The number of rotatable bonds is 7. The van der Waals surface area contributed by atoms with Crippen LogP contribution in [0.25, 0.3) is 0 Å². The first-order valence-electron chi connectivity index (χ1n) is 7.14. The van der Waals surface area contributed by atoms with Crippen LogP contribution in [0.4, 0.5) is 20.2 Å². The first-order valence-corrected chi connectivity index (χ1v) is 7.14. The van der Waals surface area contributed by atoms with E-state index in [2.05, 4.69) is 4.74 Å². The lowest BCUT2D eigenvalue weighted by Crippen LogP contribution is -2.24. The Morgan fingerprint density at radius 2 is 1.69 bits per heavy atom. The number of esters is 1. The minimum atomic E-state index is -0.993. The van der Waals surface area contributed by atoms with Gasteiger partial charge in [0, 0.05) is 6.07 Å². The van der Waals surface area contributed by atoms with Crippen LogP contribution < -0.4 is 10.1 Å². The maximum atomic E-state index is 13.4. The molecular formula is C16H12F2N2O6. The van der Waals surface area contributed by atoms with Gasteiger partial charge in [0.2, 0.25) is 0 Å². The van der Waals surface area contributed by atoms with E-state index in [1.165, 1.54) is 24.3 Å². The molecule has 8 nitrogen and oxygen atoms in total. The van der Waals surface area contributed by atoms with Crippen molar-refractivity contribution in [1.29, 1.82) is 0 Å². The lowest BCUT2D eigenvalue weighted by Gasteiger charge is -2.09. The molecule has 0 fully saturated rings. The molecule has 0 heterocycles. The molecular weight excluding hydrogens is 354 g/mol. The Morgan fingerprint density at radius 1 is 1.04 bits per heavy atom. The molecule has 0 aliphatic rings. The monoisotopic (exact) mass is 366 g/mol. The third-order valence-electron chi connectivity index (χ3n) is 3.00. The second-order valence-corrected chi connectivity index (χ2v) is 4.82. The van der Waals surface area contributed by atoms with Crippen molar-refractivity contribution in [2.75, 3.05) is 18.5 Å². The molecule has 0 atom stereocenters. The molecule has 0 bridgehead atoms. The van der Waals surface area contributed by atoms with E-state index in [1.54, 1.807) is 0 Å². The van der Waals surface area contributed by atoms with Crippen LogP contribution in [-0.2, 0) is 14.3 Å². The number of nitro groups is 1. The number of anilines is 1. The fraction of sp³-hybridized carbons (Fsp3) is 0.125. The summed E-state index contributed by atoms with van der Waals surface area (Å²) in [7, 11) is 0. The number of carbonyl (C=O) groups is 2. The molecule has 0 aromatic heterocycles. The summed E-state index contributed by atoms with van der Waals surface area (Å²) in [6.45, 7) is -1.50. The van der Waals surface area contributed by atoms with Crippen LogP contribution >= 0.6 is 0 Å². The van der Waals surface area contributed by atoms with Gasteiger partial charge in [-0.05, 0) is 18.2 Å². The second kappa shape index (κ2) is 8.51. The Kier molecular flexibility index (Phi) is 6.15. The molecule has 0 unspecified atom stereocenters. The van der Waals surface area contributed by atoms with Crippen LogP contribution in [-0.4, -0.2) is 30.0 Å². The number of hydrogen-bond acceptors (Lipinski definition) is 6. The Hall–Kier alpha value is -3.56. The van der Waals surface area contributed by atoms with Gasteiger partial charge in [-0.1, -0.05) is 18.2 Å². The molecule has 10 heteroatoms. The van der Waals surface area contributed by atoms with Crippen molar-refractivity contribution < 1.29 is 32.8 Å². The molecule has 2 aromatic rings. The van der Waals surface area contributed by atoms with E-state index in [4.69, 9.17) is 4.74 Å². The molecule has 0 aliphatic heterocycles. The smallest absolute Gasteiger partial charge is 0.344 e. The first kappa shape index (κ1) is 18.8. The molecule has 1 amide bonds. The van der Waals surface area contributed by atoms with Gasteiger partial charge in [0.15, 0.2) is 19.0 Å². The van der Waals surface area contributed by atoms with E-state index in [0.717, 1.165) is 18.2 Å². The van der Waals surface area contributed by atoms with Crippen molar-refractivity contribution in [3.63, 3.8) is 0 Å². The lowest BCUT2D eigenvalue weighted by molar-refractivity contribution is -0.385. The fourth-order valence-corrected chi connectivity index (χ4v) is 1.85. The topological polar surface area (TPSA) is 108 Å². The summed E-state index contributed by atoms with van der Waals surface area (Å²) < 4.78 is 36.3. The average molecular weight is 366 g/mol. The van der Waals surface area contributed by atoms with Crippen LogP contribution in [0.3, 0.4) is 0 Å². The second-order valence-electron chi connectivity index (χ2n) is 4.82. The van der Waals surface area contributed by atoms with Gasteiger partial charge in [0.25, 0.3) is 5.91 Å². The highest BCUT2D eigenvalue weighted by Gasteiger charge is 2.17. The van der Waals surface area contributed by atoms with Crippen LogP contribution in [0.1, 0.15) is 0 Å². The number of para-hydroxylation sites is 3. The molecule has 2 aromatic carbocycles. The number of hydrogen-bond donors (Lipinski definition) is 1. The van der Waals surface area contributed by atoms with Crippen molar-refractivity contribution in [1.82, 2.24) is 0 Å². The summed E-state index contributed by atoms with van der Waals surface area (Å²) in [5.41, 5.74) is -1.00. The number of benzene rings is 2. The summed E-state index contributed by atoms with van der Waals surface area (Å²) in [4.78, 5) is 33.3. The highest BCUT2D eigenvalue weighted by Crippen LogP contribution is 2.25. The molecule has 0 saturated carbocycles. The van der Waals surface area contributed by atoms with Gasteiger partial charge in [-0.2, -0.15) is 0 Å². The van der Waals surface area contributed by atoms with Gasteiger partial charge in [0.1, 0.15) is 17.3 Å². The van der Waals surface area contributed by atoms with E-state index in [1.807, 2.05) is 5.32 Å². The summed E-state index contributed by atoms with van der Waals surface area (Å²) in [5.74, 6) is -4.07. The molecule has 0 aliphatic carbocycles. The Morgan fingerprint density at radius 3 is 2.35 bits per heavy atom. The van der Waals surface area contributed by atoms with Crippen LogP contribution in [0.15, 0.2) is 42.5 Å². The maximum Gasteiger partial charge on any atom is 0.344 e. The zero-order chi connectivity index (χ0) is 19.1. The summed E-state index contributed by atoms with van der Waals surface area (Å²) in [5, 5.41) is 12.7. The van der Waals surface area contributed by atoms with Gasteiger partial charge >= 0.3 is 11.7 Å². The van der Waals surface area contributed by atoms with Crippen LogP contribution in [0.2, 0.25) is 0 Å². The van der Waals surface area contributed by atoms with Gasteiger partial charge in [-0.15, -0.1) is 0 Å². The van der Waals surface area contributed by atoms with Gasteiger partial charge in [0.05, 0.1) is 4.92 Å². The van der Waals surface area contributed by atoms with E-state index >= 15 is 0 Å². The Bertz CT molecular complexity index is 823. The van der Waals surface area contributed by atoms with Gasteiger partial charge < -0.3 is 14.8 Å². The normalized spacial score (nSPS) is 10.1. The van der Waals surface area contributed by atoms with E-state index in [9.17, 15) is 28.5 Å². The highest BCUT2D eigenvalue weighted by molar-refractivity contribution is 5.93. The summed E-state index contributed by atoms with van der Waals surface area (Å²) >= 11 is 0. The number of halogens is 2. The molecule has 136 valence electrons. The first-order chi connectivity index (χ1) is 12.4. The molecule has 0 saturated heterocycles. The molecule has 0 radical (unpaired) electrons. The summed E-state index contributed by atoms with van der Waals surface area (Å²) in [6, 6.07) is 8.41. The fourth-order valence-electron chi connectivity index (χ4n) is 1.85. The van der Waals surface area contributed by atoms with Crippen molar-refractivity contribution >= 4 is 23.3 Å². The number of nitrogens with zero attached hydrogens (tertiary/aromatic N) is 1. The lowest BCUT2D eigenvalue weighted by atomic mass is 10.3. The predicted molar refractivity (Wildman–Crippen MR) is 84.5 cm³/mol. The van der Waals surface area contributed by atoms with Gasteiger partial charge in [-0.3, -0.25) is 14.9 Å². The third-order valence-corrected chi connectivity index (χ3v) is 3.00. The number of ether oxygens (including phenoxy) is 2. The molecule has 1 N–H and O–H groups in total. The van der Waals surface area contributed by atoms with Crippen molar-refractivity contribution in [3.8, 4) is 5.75 Å². The molecule has 26 heavy (non-hydrogen) atoms. The van der Waals surface area contributed by atoms with E-state index in [0.29, 0.717) is 0 Å². The third kappa shape index (κ3) is 4.97. The minimum Gasteiger partial charge on any atom is -0.475 e. The number of nitro benzene ring substituents is 1. The largest absolute Gasteiger partial charge is 0.475 e. The van der Waals surface area contributed by atoms with E-state index < -0.39 is 47.3 Å². The Balaban J connectivity index is 1.84. The SMILES string of the molecule is O=C(COC(=O)COc1ccccc1[N+](=O)[O-])Nc1c(F)cccc1F. The van der Waals surface area contributed by atoms with Crippen LogP contribution in [0, 0.1) is 21.7 Å². The van der Waals surface area contributed by atoms with Crippen molar-refractivity contribution in [2.45, 2.75) is 0 Å². The van der Waals surface area contributed by atoms with Crippen LogP contribution in [0.5, 0.6) is 5.75 Å². The minimum absolute atomic E-state index is 0.146. The van der Waals surface area contributed by atoms with Gasteiger partial charge in [-0.25, -0.2) is 13.6 Å². The average Bonchev–Trinajstić information content (AvgIpc) is 2.61. The van der Waals surface area contributed by atoms with E-state index in [-0.39, 0.29) is 11.4 Å². The zero-order valence-corrected chi connectivity index (χ0v) is 13.1. The van der Waals surface area contributed by atoms with Crippen molar-refractivity contribution in [3.05, 3.63) is 64.2 Å².